The highest BCUT2D eigenvalue weighted by Gasteiger charge is 2.24. The molecule has 144 valence electrons. The van der Waals surface area contributed by atoms with Crippen LogP contribution in [0, 0.1) is 20.8 Å². The molecule has 5 nitrogen and oxygen atoms in total. The first kappa shape index (κ1) is 19.5. The molecule has 1 aromatic heterocycles. The van der Waals surface area contributed by atoms with Gasteiger partial charge in [-0.2, -0.15) is 0 Å². The van der Waals surface area contributed by atoms with E-state index in [9.17, 15) is 8.42 Å². The molecule has 0 aliphatic heterocycles. The molecule has 0 amide bonds. The lowest BCUT2D eigenvalue weighted by Crippen LogP contribution is -2.38. The molecular weight excluding hydrogens is 358 g/mol. The first-order chi connectivity index (χ1) is 12.7. The fourth-order valence-corrected chi connectivity index (χ4v) is 5.35. The van der Waals surface area contributed by atoms with Crippen molar-refractivity contribution >= 4 is 26.6 Å². The van der Waals surface area contributed by atoms with Gasteiger partial charge in [0.15, 0.2) is 0 Å². The number of aryl methyl sites for hydroxylation is 3. The smallest absolute Gasteiger partial charge is 0.243 e. The highest BCUT2D eigenvalue weighted by Crippen LogP contribution is 2.25. The Morgan fingerprint density at radius 2 is 1.81 bits per heavy atom. The number of nitrogens with zero attached hydrogens (tertiary/aromatic N) is 1. The summed E-state index contributed by atoms with van der Waals surface area (Å²) in [6, 6.07) is 11.5. The van der Waals surface area contributed by atoms with Gasteiger partial charge in [0.25, 0.3) is 0 Å². The Morgan fingerprint density at radius 3 is 2.48 bits per heavy atom. The summed E-state index contributed by atoms with van der Waals surface area (Å²) in [4.78, 5) is 0.181. The summed E-state index contributed by atoms with van der Waals surface area (Å²) in [6.45, 7) is 8.30. The Labute approximate surface area is 161 Å². The number of anilines is 1. The van der Waals surface area contributed by atoms with Gasteiger partial charge in [-0.25, -0.2) is 13.1 Å². The minimum Gasteiger partial charge on any atom is -0.398 e. The van der Waals surface area contributed by atoms with Crippen LogP contribution < -0.4 is 10.5 Å². The number of benzene rings is 2. The summed E-state index contributed by atoms with van der Waals surface area (Å²) < 4.78 is 31.0. The van der Waals surface area contributed by atoms with Gasteiger partial charge in [0, 0.05) is 29.7 Å². The summed E-state index contributed by atoms with van der Waals surface area (Å²) in [5.74, 6) is 0. The van der Waals surface area contributed by atoms with Crippen molar-refractivity contribution in [1.82, 2.24) is 9.29 Å². The van der Waals surface area contributed by atoms with Gasteiger partial charge in [-0.3, -0.25) is 0 Å². The second-order valence-electron chi connectivity index (χ2n) is 7.21. The normalized spacial score (nSPS) is 13.2. The number of hydrogen-bond acceptors (Lipinski definition) is 3. The number of hydrogen-bond donors (Lipinski definition) is 2. The van der Waals surface area contributed by atoms with Gasteiger partial charge in [-0.15, -0.1) is 0 Å². The van der Waals surface area contributed by atoms with Gasteiger partial charge in [-0.05, 0) is 56.0 Å². The van der Waals surface area contributed by atoms with Crippen LogP contribution in [0.3, 0.4) is 0 Å². The predicted molar refractivity (Wildman–Crippen MR) is 111 cm³/mol. The molecule has 1 heterocycles. The van der Waals surface area contributed by atoms with Gasteiger partial charge in [0.1, 0.15) is 4.90 Å². The van der Waals surface area contributed by atoms with E-state index in [1.807, 2.05) is 32.0 Å². The van der Waals surface area contributed by atoms with E-state index in [0.29, 0.717) is 18.5 Å². The Kier molecular flexibility index (Phi) is 5.31. The van der Waals surface area contributed by atoms with Crippen LogP contribution in [0.2, 0.25) is 0 Å². The van der Waals surface area contributed by atoms with Crippen LogP contribution in [-0.4, -0.2) is 19.0 Å². The van der Waals surface area contributed by atoms with Crippen LogP contribution in [0.15, 0.2) is 47.5 Å². The molecule has 3 N–H and O–H groups in total. The molecule has 0 aliphatic carbocycles. The maximum Gasteiger partial charge on any atom is 0.243 e. The van der Waals surface area contributed by atoms with Crippen LogP contribution >= 0.6 is 0 Å². The SMILES string of the molecule is CCC(Cn1cc(C)c2ccccc21)NS(=O)(=O)c1c(C)cc(C)cc1N. The fraction of sp³-hybridized carbons (Fsp3) is 0.333. The molecule has 0 bridgehead atoms. The molecule has 3 aromatic rings. The van der Waals surface area contributed by atoms with E-state index in [4.69, 9.17) is 5.73 Å². The average Bonchev–Trinajstić information content (AvgIpc) is 2.89. The highest BCUT2D eigenvalue weighted by atomic mass is 32.2. The molecule has 27 heavy (non-hydrogen) atoms. The van der Waals surface area contributed by atoms with E-state index >= 15 is 0 Å². The zero-order chi connectivity index (χ0) is 19.8. The number of nitrogens with one attached hydrogen (secondary N) is 1. The molecule has 0 fully saturated rings. The molecule has 1 unspecified atom stereocenters. The second kappa shape index (κ2) is 7.37. The summed E-state index contributed by atoms with van der Waals surface area (Å²) in [5, 5.41) is 1.19. The topological polar surface area (TPSA) is 77.1 Å². The molecule has 0 spiro atoms. The zero-order valence-electron chi connectivity index (χ0n) is 16.3. The van der Waals surface area contributed by atoms with Crippen molar-refractivity contribution in [3.63, 3.8) is 0 Å². The lowest BCUT2D eigenvalue weighted by molar-refractivity contribution is 0.491. The standard InChI is InChI=1S/C21H27N3O2S/c1-5-17(13-24-12-16(4)18-8-6-7-9-20(18)24)23-27(25,26)21-15(3)10-14(2)11-19(21)22/h6-12,17,23H,5,13,22H2,1-4H3. The van der Waals surface area contributed by atoms with Crippen LogP contribution in [0.4, 0.5) is 5.69 Å². The largest absolute Gasteiger partial charge is 0.398 e. The molecular formula is C21H27N3O2S. The zero-order valence-corrected chi connectivity index (χ0v) is 17.1. The highest BCUT2D eigenvalue weighted by molar-refractivity contribution is 7.89. The van der Waals surface area contributed by atoms with E-state index in [2.05, 4.69) is 34.5 Å². The molecule has 0 aliphatic rings. The Morgan fingerprint density at radius 1 is 1.11 bits per heavy atom. The third kappa shape index (κ3) is 3.87. The van der Waals surface area contributed by atoms with E-state index in [0.717, 1.165) is 11.1 Å². The summed E-state index contributed by atoms with van der Waals surface area (Å²) in [7, 11) is -3.70. The van der Waals surface area contributed by atoms with Gasteiger partial charge in [-0.1, -0.05) is 31.2 Å². The summed E-state index contributed by atoms with van der Waals surface area (Å²) in [5.41, 5.74) is 10.2. The molecule has 3 rings (SSSR count). The van der Waals surface area contributed by atoms with Crippen LogP contribution in [0.25, 0.3) is 10.9 Å². The van der Waals surface area contributed by atoms with E-state index in [1.54, 1.807) is 13.0 Å². The number of aromatic nitrogens is 1. The third-order valence-electron chi connectivity index (χ3n) is 4.94. The van der Waals surface area contributed by atoms with Crippen molar-refractivity contribution in [2.75, 3.05) is 5.73 Å². The monoisotopic (exact) mass is 385 g/mol. The van der Waals surface area contributed by atoms with Gasteiger partial charge in [0.2, 0.25) is 10.0 Å². The van der Waals surface area contributed by atoms with E-state index in [1.165, 1.54) is 10.9 Å². The third-order valence-corrected chi connectivity index (χ3v) is 6.67. The minimum atomic E-state index is -3.70. The Bertz CT molecular complexity index is 1060. The average molecular weight is 386 g/mol. The fourth-order valence-electron chi connectivity index (χ4n) is 3.70. The van der Waals surface area contributed by atoms with Crippen molar-refractivity contribution in [3.8, 4) is 0 Å². The molecule has 2 aromatic carbocycles. The molecule has 0 saturated carbocycles. The van der Waals surface area contributed by atoms with Crippen molar-refractivity contribution in [1.29, 1.82) is 0 Å². The number of fused-ring (bicyclic) bond motifs is 1. The summed E-state index contributed by atoms with van der Waals surface area (Å²) in [6.07, 6.45) is 2.75. The minimum absolute atomic E-state index is 0.181. The molecule has 6 heteroatoms. The number of nitrogen functional groups attached to an aromatic ring is 1. The van der Waals surface area contributed by atoms with Crippen molar-refractivity contribution in [2.45, 2.75) is 51.6 Å². The Hall–Kier alpha value is -2.31. The first-order valence-corrected chi connectivity index (χ1v) is 10.6. The maximum absolute atomic E-state index is 13.0. The van der Waals surface area contributed by atoms with Gasteiger partial charge in [0.05, 0.1) is 5.69 Å². The quantitative estimate of drug-likeness (QED) is 0.632. The van der Waals surface area contributed by atoms with E-state index < -0.39 is 10.0 Å². The van der Waals surface area contributed by atoms with E-state index in [-0.39, 0.29) is 16.6 Å². The van der Waals surface area contributed by atoms with Crippen molar-refractivity contribution in [2.24, 2.45) is 0 Å². The number of nitrogens with two attached hydrogens (primary N) is 1. The van der Waals surface area contributed by atoms with Crippen LogP contribution in [0.5, 0.6) is 0 Å². The lowest BCUT2D eigenvalue weighted by atomic mass is 10.1. The Balaban J connectivity index is 1.91. The number of rotatable bonds is 6. The van der Waals surface area contributed by atoms with Gasteiger partial charge >= 0.3 is 0 Å². The van der Waals surface area contributed by atoms with Crippen molar-refractivity contribution < 1.29 is 8.42 Å². The molecule has 0 radical (unpaired) electrons. The maximum atomic E-state index is 13.0. The van der Waals surface area contributed by atoms with Crippen molar-refractivity contribution in [3.05, 3.63) is 59.3 Å². The first-order valence-electron chi connectivity index (χ1n) is 9.16. The lowest BCUT2D eigenvalue weighted by Gasteiger charge is -2.20. The molecule has 1 atom stereocenters. The number of sulfonamides is 1. The van der Waals surface area contributed by atoms with Gasteiger partial charge < -0.3 is 10.3 Å². The number of para-hydroxylation sites is 1. The second-order valence-corrected chi connectivity index (χ2v) is 8.86. The summed E-state index contributed by atoms with van der Waals surface area (Å²) >= 11 is 0. The predicted octanol–water partition coefficient (Wildman–Crippen LogP) is 3.91. The van der Waals surface area contributed by atoms with Crippen LogP contribution in [-0.2, 0) is 16.6 Å². The van der Waals surface area contributed by atoms with Crippen LogP contribution in [0.1, 0.15) is 30.0 Å². The molecule has 0 saturated heterocycles.